The average molecular weight is 281 g/mol. The van der Waals surface area contributed by atoms with Crippen LogP contribution < -0.4 is 5.32 Å². The molecule has 0 heterocycles. The van der Waals surface area contributed by atoms with Gasteiger partial charge in [-0.25, -0.2) is 0 Å². The molecule has 112 valence electrons. The number of aryl methyl sites for hydroxylation is 3. The maximum absolute atomic E-state index is 3.48. The normalized spacial score (nSPS) is 12.7. The molecule has 0 aliphatic rings. The van der Waals surface area contributed by atoms with Crippen molar-refractivity contribution in [2.45, 2.75) is 46.6 Å². The summed E-state index contributed by atoms with van der Waals surface area (Å²) in [6.45, 7) is 11.1. The van der Waals surface area contributed by atoms with Gasteiger partial charge in [0, 0.05) is 0 Å². The van der Waals surface area contributed by atoms with Gasteiger partial charge in [-0.3, -0.25) is 0 Å². The molecule has 0 aliphatic heterocycles. The highest BCUT2D eigenvalue weighted by molar-refractivity contribution is 5.44. The molecule has 2 aromatic carbocycles. The van der Waals surface area contributed by atoms with Gasteiger partial charge in [-0.2, -0.15) is 0 Å². The SMILES string of the molecule is CNC(c1ccc(C(C)C)cc1)c1c(C)cc(C)cc1C. The molecular formula is C20H27N. The highest BCUT2D eigenvalue weighted by Gasteiger charge is 2.17. The van der Waals surface area contributed by atoms with Crippen molar-refractivity contribution in [3.8, 4) is 0 Å². The zero-order valence-electron chi connectivity index (χ0n) is 14.1. The lowest BCUT2D eigenvalue weighted by Gasteiger charge is -2.23. The van der Waals surface area contributed by atoms with Gasteiger partial charge in [0.05, 0.1) is 6.04 Å². The van der Waals surface area contributed by atoms with Crippen LogP contribution in [0.4, 0.5) is 0 Å². The smallest absolute Gasteiger partial charge is 0.0579 e. The van der Waals surface area contributed by atoms with E-state index < -0.39 is 0 Å². The second kappa shape index (κ2) is 6.44. The summed E-state index contributed by atoms with van der Waals surface area (Å²) in [5, 5.41) is 3.48. The Kier molecular flexibility index (Phi) is 4.84. The molecule has 1 heteroatoms. The van der Waals surface area contributed by atoms with Crippen LogP contribution in [-0.2, 0) is 0 Å². The largest absolute Gasteiger partial charge is 0.309 e. The number of benzene rings is 2. The maximum Gasteiger partial charge on any atom is 0.0579 e. The minimum Gasteiger partial charge on any atom is -0.309 e. The van der Waals surface area contributed by atoms with Crippen molar-refractivity contribution in [3.63, 3.8) is 0 Å². The summed E-state index contributed by atoms with van der Waals surface area (Å²) >= 11 is 0. The summed E-state index contributed by atoms with van der Waals surface area (Å²) in [5.74, 6) is 0.579. The van der Waals surface area contributed by atoms with Gasteiger partial charge in [-0.15, -0.1) is 0 Å². The van der Waals surface area contributed by atoms with Crippen LogP contribution >= 0.6 is 0 Å². The summed E-state index contributed by atoms with van der Waals surface area (Å²) in [4.78, 5) is 0. The zero-order chi connectivity index (χ0) is 15.6. The van der Waals surface area contributed by atoms with E-state index in [2.05, 4.69) is 76.3 Å². The van der Waals surface area contributed by atoms with Crippen LogP contribution in [0, 0.1) is 20.8 Å². The number of hydrogen-bond acceptors (Lipinski definition) is 1. The molecule has 0 saturated carbocycles. The third kappa shape index (κ3) is 3.36. The summed E-state index contributed by atoms with van der Waals surface area (Å²) in [6.07, 6.45) is 0. The van der Waals surface area contributed by atoms with Crippen molar-refractivity contribution in [3.05, 3.63) is 69.8 Å². The van der Waals surface area contributed by atoms with Crippen LogP contribution in [0.1, 0.15) is 59.2 Å². The van der Waals surface area contributed by atoms with E-state index in [0.29, 0.717) is 5.92 Å². The summed E-state index contributed by atoms with van der Waals surface area (Å²) in [7, 11) is 2.04. The van der Waals surface area contributed by atoms with Crippen LogP contribution in [0.2, 0.25) is 0 Å². The van der Waals surface area contributed by atoms with Gasteiger partial charge >= 0.3 is 0 Å². The highest BCUT2D eigenvalue weighted by Crippen LogP contribution is 2.29. The molecule has 1 nitrogen and oxygen atoms in total. The summed E-state index contributed by atoms with van der Waals surface area (Å²) in [6, 6.07) is 13.8. The van der Waals surface area contributed by atoms with Gasteiger partial charge in [0.2, 0.25) is 0 Å². The Hall–Kier alpha value is -1.60. The zero-order valence-corrected chi connectivity index (χ0v) is 14.1. The molecule has 2 rings (SSSR count). The minimum absolute atomic E-state index is 0.256. The Labute approximate surface area is 129 Å². The molecular weight excluding hydrogens is 254 g/mol. The van der Waals surface area contributed by atoms with Crippen LogP contribution in [0.15, 0.2) is 36.4 Å². The second-order valence-electron chi connectivity index (χ2n) is 6.36. The first-order chi connectivity index (χ1) is 9.93. The Morgan fingerprint density at radius 3 is 1.71 bits per heavy atom. The number of hydrogen-bond donors (Lipinski definition) is 1. The van der Waals surface area contributed by atoms with Gasteiger partial charge < -0.3 is 5.32 Å². The Bertz CT molecular complexity index is 585. The van der Waals surface area contributed by atoms with E-state index in [1.807, 2.05) is 7.05 Å². The van der Waals surface area contributed by atoms with Crippen molar-refractivity contribution in [1.29, 1.82) is 0 Å². The number of rotatable bonds is 4. The van der Waals surface area contributed by atoms with Crippen molar-refractivity contribution in [2.75, 3.05) is 7.05 Å². The molecule has 0 amide bonds. The van der Waals surface area contributed by atoms with E-state index in [1.165, 1.54) is 33.4 Å². The standard InChI is InChI=1S/C20H27N/c1-13(2)17-7-9-18(10-8-17)20(21-6)19-15(4)11-14(3)12-16(19)5/h7-13,20-21H,1-6H3. The first kappa shape index (κ1) is 15.8. The van der Waals surface area contributed by atoms with E-state index in [0.717, 1.165) is 0 Å². The minimum atomic E-state index is 0.256. The molecule has 1 N–H and O–H groups in total. The first-order valence-corrected chi connectivity index (χ1v) is 7.79. The third-order valence-corrected chi connectivity index (χ3v) is 4.25. The molecule has 0 radical (unpaired) electrons. The van der Waals surface area contributed by atoms with Crippen molar-refractivity contribution in [2.24, 2.45) is 0 Å². The number of nitrogens with one attached hydrogen (secondary N) is 1. The lowest BCUT2D eigenvalue weighted by atomic mass is 9.89. The predicted octanol–water partition coefficient (Wildman–Crippen LogP) is 5.04. The predicted molar refractivity (Wildman–Crippen MR) is 92.1 cm³/mol. The van der Waals surface area contributed by atoms with Crippen molar-refractivity contribution >= 4 is 0 Å². The molecule has 0 fully saturated rings. The van der Waals surface area contributed by atoms with E-state index in [-0.39, 0.29) is 6.04 Å². The van der Waals surface area contributed by atoms with Crippen LogP contribution in [0.5, 0.6) is 0 Å². The second-order valence-corrected chi connectivity index (χ2v) is 6.36. The van der Waals surface area contributed by atoms with E-state index >= 15 is 0 Å². The molecule has 2 aromatic rings. The van der Waals surface area contributed by atoms with Crippen molar-refractivity contribution in [1.82, 2.24) is 5.32 Å². The van der Waals surface area contributed by atoms with Crippen LogP contribution in [-0.4, -0.2) is 7.05 Å². The summed E-state index contributed by atoms with van der Waals surface area (Å²) in [5.41, 5.74) is 8.18. The fourth-order valence-electron chi connectivity index (χ4n) is 3.20. The lowest BCUT2D eigenvalue weighted by molar-refractivity contribution is 0.682. The van der Waals surface area contributed by atoms with Gasteiger partial charge in [0.1, 0.15) is 0 Å². The molecule has 0 spiro atoms. The van der Waals surface area contributed by atoms with E-state index in [1.54, 1.807) is 0 Å². The van der Waals surface area contributed by atoms with Crippen LogP contribution in [0.25, 0.3) is 0 Å². The van der Waals surface area contributed by atoms with E-state index in [9.17, 15) is 0 Å². The fourth-order valence-corrected chi connectivity index (χ4v) is 3.20. The first-order valence-electron chi connectivity index (χ1n) is 7.79. The van der Waals surface area contributed by atoms with E-state index in [4.69, 9.17) is 0 Å². The van der Waals surface area contributed by atoms with Gasteiger partial charge in [0.15, 0.2) is 0 Å². The Morgan fingerprint density at radius 2 is 1.29 bits per heavy atom. The van der Waals surface area contributed by atoms with Gasteiger partial charge in [-0.05, 0) is 61.6 Å². The van der Waals surface area contributed by atoms with Gasteiger partial charge in [0.25, 0.3) is 0 Å². The third-order valence-electron chi connectivity index (χ3n) is 4.25. The fraction of sp³-hybridized carbons (Fsp3) is 0.400. The molecule has 1 atom stereocenters. The Morgan fingerprint density at radius 1 is 0.810 bits per heavy atom. The molecule has 1 unspecified atom stereocenters. The average Bonchev–Trinajstić information content (AvgIpc) is 2.42. The molecule has 0 bridgehead atoms. The van der Waals surface area contributed by atoms with Crippen molar-refractivity contribution < 1.29 is 0 Å². The maximum atomic E-state index is 3.48. The highest BCUT2D eigenvalue weighted by atomic mass is 14.9. The molecule has 0 saturated heterocycles. The van der Waals surface area contributed by atoms with Crippen LogP contribution in [0.3, 0.4) is 0 Å². The quantitative estimate of drug-likeness (QED) is 0.827. The monoisotopic (exact) mass is 281 g/mol. The lowest BCUT2D eigenvalue weighted by Crippen LogP contribution is -2.20. The summed E-state index contributed by atoms with van der Waals surface area (Å²) < 4.78 is 0. The topological polar surface area (TPSA) is 12.0 Å². The molecule has 21 heavy (non-hydrogen) atoms. The Balaban J connectivity index is 2.45. The molecule has 0 aromatic heterocycles. The molecule has 0 aliphatic carbocycles. The van der Waals surface area contributed by atoms with Gasteiger partial charge in [-0.1, -0.05) is 55.8 Å².